The van der Waals surface area contributed by atoms with Crippen molar-refractivity contribution in [2.75, 3.05) is 19.3 Å². The second kappa shape index (κ2) is 26.0. The number of carbonyl (C=O) groups excluding carboxylic acids is 1. The lowest BCUT2D eigenvalue weighted by atomic mass is 10.1. The molecule has 1 aromatic carbocycles. The number of azide groups is 1. The van der Waals surface area contributed by atoms with E-state index in [-0.39, 0.29) is 31.6 Å². The summed E-state index contributed by atoms with van der Waals surface area (Å²) in [4.78, 5) is 41.9. The Morgan fingerprint density at radius 3 is 2.18 bits per heavy atom. The zero-order valence-electron chi connectivity index (χ0n) is 31.9. The van der Waals surface area contributed by atoms with E-state index in [1.807, 2.05) is 12.2 Å². The van der Waals surface area contributed by atoms with E-state index in [2.05, 4.69) is 88.0 Å². The van der Waals surface area contributed by atoms with Crippen molar-refractivity contribution in [1.82, 2.24) is 14.9 Å². The van der Waals surface area contributed by atoms with Crippen LogP contribution in [0, 0.1) is 6.92 Å². The number of aryl methyl sites for hydroxylation is 1. The lowest BCUT2D eigenvalue weighted by molar-refractivity contribution is -0.121. The molecule has 1 fully saturated rings. The second-order valence-corrected chi connectivity index (χ2v) is 14.9. The van der Waals surface area contributed by atoms with Crippen LogP contribution in [0.2, 0.25) is 0 Å². The fourth-order valence-corrected chi connectivity index (χ4v) is 7.07. The third-order valence-corrected chi connectivity index (χ3v) is 10.2. The van der Waals surface area contributed by atoms with Crippen LogP contribution in [0.15, 0.2) is 124 Å². The number of amides is 1. The SMILES string of the molecule is CC/C=C\C/C=C\C/C=C\C/C=C\C/C=C\C/C=C\CCC(=O)NCCCP(=O)(OC[C@H]1OC(n2cc(C)c(=O)[nH]c2=O)C[C@@H]1N=[N+]=[N-])Oc1ccccc1. The van der Waals surface area contributed by atoms with Gasteiger partial charge in [-0.3, -0.25) is 23.7 Å². The highest BCUT2D eigenvalue weighted by atomic mass is 31.2. The number of nitrogens with one attached hydrogen (secondary N) is 2. The summed E-state index contributed by atoms with van der Waals surface area (Å²) >= 11 is 0. The summed E-state index contributed by atoms with van der Waals surface area (Å²) in [5.74, 6) is 0.230. The number of para-hydroxylation sites is 1. The first-order chi connectivity index (χ1) is 26.7. The minimum atomic E-state index is -3.78. The van der Waals surface area contributed by atoms with Crippen LogP contribution in [0.1, 0.15) is 82.9 Å². The molecule has 0 bridgehead atoms. The molecule has 2 unspecified atom stereocenters. The van der Waals surface area contributed by atoms with Crippen molar-refractivity contribution < 1.29 is 23.1 Å². The predicted octanol–water partition coefficient (Wildman–Crippen LogP) is 9.08. The summed E-state index contributed by atoms with van der Waals surface area (Å²) in [5, 5.41) is 6.66. The third-order valence-electron chi connectivity index (χ3n) is 8.35. The number of nitrogens with zero attached hydrogens (tertiary/aromatic N) is 4. The standard InChI is InChI=1S/C41H55N6O7P/c1-3-4-5-6-7-8-9-10-11-12-13-14-15-16-17-18-19-20-24-28-38(48)43-29-25-30-55(51,54-35-26-22-21-23-27-35)52-33-37-36(45-46-42)31-39(53-37)47-32-34(2)40(49)44-41(47)50/h4-5,7-8,10-11,13-14,16-17,19-23,26-27,32,36-37,39H,3,6,9,12,15,18,24-25,28-31,33H2,1-2H3,(H,43,48)(H,44,49,50)/b5-4-,8-7-,11-10-,14-13-,17-16-,20-19-/t36-,37+,39?,55?/m0/s1. The van der Waals surface area contributed by atoms with Crippen molar-refractivity contribution >= 4 is 13.5 Å². The van der Waals surface area contributed by atoms with Gasteiger partial charge < -0.3 is 14.6 Å². The number of aromatic nitrogens is 2. The topological polar surface area (TPSA) is 177 Å². The van der Waals surface area contributed by atoms with Crippen molar-refractivity contribution in [3.05, 3.63) is 146 Å². The van der Waals surface area contributed by atoms with Crippen LogP contribution < -0.4 is 21.1 Å². The van der Waals surface area contributed by atoms with Gasteiger partial charge in [-0.1, -0.05) is 103 Å². The van der Waals surface area contributed by atoms with Crippen LogP contribution in [-0.4, -0.2) is 46.9 Å². The number of benzene rings is 1. The summed E-state index contributed by atoms with van der Waals surface area (Å²) in [6.45, 7) is 3.71. The van der Waals surface area contributed by atoms with Gasteiger partial charge in [0.1, 0.15) is 12.0 Å². The Bertz CT molecular complexity index is 1860. The Kier molecular flexibility index (Phi) is 21.0. The van der Waals surface area contributed by atoms with Gasteiger partial charge in [0.15, 0.2) is 0 Å². The lowest BCUT2D eigenvalue weighted by Gasteiger charge is -2.23. The number of allylic oxidation sites excluding steroid dienone is 12. The molecule has 1 amide bonds. The van der Waals surface area contributed by atoms with Gasteiger partial charge >= 0.3 is 13.3 Å². The van der Waals surface area contributed by atoms with Crippen LogP contribution in [0.5, 0.6) is 5.75 Å². The first-order valence-corrected chi connectivity index (χ1v) is 20.6. The number of hydrogen-bond acceptors (Lipinski definition) is 8. The van der Waals surface area contributed by atoms with Gasteiger partial charge in [0.2, 0.25) is 5.91 Å². The molecular formula is C41H55N6O7P. The fourth-order valence-electron chi connectivity index (χ4n) is 5.43. The monoisotopic (exact) mass is 774 g/mol. The summed E-state index contributed by atoms with van der Waals surface area (Å²) in [6, 6.07) is 7.85. The molecule has 0 radical (unpaired) electrons. The maximum Gasteiger partial charge on any atom is 0.379 e. The van der Waals surface area contributed by atoms with E-state index in [0.29, 0.717) is 30.6 Å². The molecular weight excluding hydrogens is 719 g/mol. The lowest BCUT2D eigenvalue weighted by Crippen LogP contribution is -2.33. The van der Waals surface area contributed by atoms with Gasteiger partial charge in [-0.2, -0.15) is 0 Å². The highest BCUT2D eigenvalue weighted by Gasteiger charge is 2.38. The number of ether oxygens (including phenoxy) is 1. The number of H-pyrrole nitrogens is 1. The molecule has 0 saturated carbocycles. The smallest absolute Gasteiger partial charge is 0.379 e. The molecule has 0 spiro atoms. The Hall–Kier alpha value is -4.93. The Labute approximate surface area is 323 Å². The highest BCUT2D eigenvalue weighted by molar-refractivity contribution is 7.54. The summed E-state index contributed by atoms with van der Waals surface area (Å²) < 4.78 is 32.9. The molecule has 1 aliphatic rings. The fraction of sp³-hybridized carbons (Fsp3) is 0.439. The molecule has 1 aromatic heterocycles. The Morgan fingerprint density at radius 2 is 1.58 bits per heavy atom. The van der Waals surface area contributed by atoms with Crippen molar-refractivity contribution in [3.63, 3.8) is 0 Å². The van der Waals surface area contributed by atoms with Gasteiger partial charge in [-0.25, -0.2) is 9.36 Å². The zero-order valence-corrected chi connectivity index (χ0v) is 32.8. The summed E-state index contributed by atoms with van der Waals surface area (Å²) in [7, 11) is -3.78. The van der Waals surface area contributed by atoms with Crippen LogP contribution in [0.25, 0.3) is 10.4 Å². The molecule has 2 heterocycles. The number of rotatable bonds is 25. The van der Waals surface area contributed by atoms with E-state index in [4.69, 9.17) is 19.3 Å². The van der Waals surface area contributed by atoms with Crippen molar-refractivity contribution in [2.45, 2.75) is 96.4 Å². The van der Waals surface area contributed by atoms with Gasteiger partial charge in [0.05, 0.1) is 24.9 Å². The summed E-state index contributed by atoms with van der Waals surface area (Å²) in [5.41, 5.74) is 8.28. The van der Waals surface area contributed by atoms with Crippen LogP contribution in [0.4, 0.5) is 0 Å². The van der Waals surface area contributed by atoms with E-state index in [9.17, 15) is 18.9 Å². The molecule has 13 nitrogen and oxygen atoms in total. The molecule has 1 saturated heterocycles. The van der Waals surface area contributed by atoms with E-state index in [1.54, 1.807) is 37.3 Å². The van der Waals surface area contributed by atoms with Gasteiger partial charge in [0, 0.05) is 36.1 Å². The number of aromatic amines is 1. The molecule has 55 heavy (non-hydrogen) atoms. The van der Waals surface area contributed by atoms with Crippen molar-refractivity contribution in [1.29, 1.82) is 0 Å². The molecule has 2 N–H and O–H groups in total. The predicted molar refractivity (Wildman–Crippen MR) is 218 cm³/mol. The first kappa shape index (κ1) is 44.5. The van der Waals surface area contributed by atoms with Gasteiger partial charge in [-0.05, 0) is 76.0 Å². The third kappa shape index (κ3) is 17.8. The molecule has 0 aliphatic carbocycles. The van der Waals surface area contributed by atoms with Gasteiger partial charge in [0.25, 0.3) is 5.56 Å². The molecule has 4 atom stereocenters. The van der Waals surface area contributed by atoms with Crippen molar-refractivity contribution in [2.24, 2.45) is 5.11 Å². The van der Waals surface area contributed by atoms with E-state index < -0.39 is 37.2 Å². The van der Waals surface area contributed by atoms with Crippen LogP contribution in [0.3, 0.4) is 0 Å². The molecule has 14 heteroatoms. The molecule has 2 aromatic rings. The largest absolute Gasteiger partial charge is 0.424 e. The molecule has 3 rings (SSSR count). The second-order valence-electron chi connectivity index (χ2n) is 12.8. The minimum absolute atomic E-state index is 0.00374. The number of carbonyl (C=O) groups is 1. The quantitative estimate of drug-likeness (QED) is 0.0252. The maximum absolute atomic E-state index is 14.0. The van der Waals surface area contributed by atoms with E-state index >= 15 is 0 Å². The Balaban J connectivity index is 1.38. The highest BCUT2D eigenvalue weighted by Crippen LogP contribution is 2.49. The van der Waals surface area contributed by atoms with Gasteiger partial charge in [-0.15, -0.1) is 0 Å². The average Bonchev–Trinajstić information content (AvgIpc) is 3.57. The average molecular weight is 775 g/mol. The number of hydrogen-bond donors (Lipinski definition) is 2. The first-order valence-electron chi connectivity index (χ1n) is 18.9. The van der Waals surface area contributed by atoms with Crippen LogP contribution >= 0.6 is 7.60 Å². The van der Waals surface area contributed by atoms with Crippen molar-refractivity contribution in [3.8, 4) is 5.75 Å². The molecule has 296 valence electrons. The van der Waals surface area contributed by atoms with Crippen LogP contribution in [-0.2, 0) is 18.6 Å². The maximum atomic E-state index is 14.0. The van der Waals surface area contributed by atoms with E-state index in [0.717, 1.165) is 38.5 Å². The van der Waals surface area contributed by atoms with E-state index in [1.165, 1.54) is 10.8 Å². The normalized spacial score (nSPS) is 18.6. The Morgan fingerprint density at radius 1 is 0.982 bits per heavy atom. The summed E-state index contributed by atoms with van der Waals surface area (Å²) in [6.07, 6.45) is 32.4. The zero-order chi connectivity index (χ0) is 39.6. The molecule has 1 aliphatic heterocycles. The minimum Gasteiger partial charge on any atom is -0.424 e.